The van der Waals surface area contributed by atoms with Gasteiger partial charge in [0.15, 0.2) is 0 Å². The molecule has 0 amide bonds. The summed E-state index contributed by atoms with van der Waals surface area (Å²) in [4.78, 5) is 0. The Bertz CT molecular complexity index is 124. The number of unbranched alkanes of at least 4 members (excludes halogenated alkanes) is 1. The van der Waals surface area contributed by atoms with Gasteiger partial charge in [-0.15, -0.1) is 0 Å². The molecule has 1 rings (SSSR count). The summed E-state index contributed by atoms with van der Waals surface area (Å²) < 4.78 is 5.55. The zero-order valence-electron chi connectivity index (χ0n) is 9.35. The lowest BCUT2D eigenvalue weighted by Gasteiger charge is -2.09. The molecule has 1 unspecified atom stereocenters. The summed E-state index contributed by atoms with van der Waals surface area (Å²) in [5.41, 5.74) is 0. The van der Waals surface area contributed by atoms with E-state index in [4.69, 9.17) is 4.74 Å². The average Bonchev–Trinajstić information content (AvgIpc) is 2.69. The van der Waals surface area contributed by atoms with Gasteiger partial charge in [0.2, 0.25) is 0 Å². The van der Waals surface area contributed by atoms with Gasteiger partial charge >= 0.3 is 0 Å². The van der Waals surface area contributed by atoms with Gasteiger partial charge in [-0.3, -0.25) is 0 Å². The van der Waals surface area contributed by atoms with E-state index in [1.807, 2.05) is 7.05 Å². The topological polar surface area (TPSA) is 33.3 Å². The van der Waals surface area contributed by atoms with Gasteiger partial charge in [-0.2, -0.15) is 0 Å². The molecular formula is C11H24N2O. The predicted octanol–water partition coefficient (Wildman–Crippen LogP) is 1.14. The molecule has 3 heteroatoms. The molecule has 0 aromatic carbocycles. The monoisotopic (exact) mass is 200 g/mol. The third kappa shape index (κ3) is 5.58. The van der Waals surface area contributed by atoms with Crippen LogP contribution in [0.5, 0.6) is 0 Å². The van der Waals surface area contributed by atoms with Gasteiger partial charge in [0, 0.05) is 6.61 Å². The van der Waals surface area contributed by atoms with Crippen molar-refractivity contribution in [2.75, 3.05) is 33.3 Å². The van der Waals surface area contributed by atoms with Crippen molar-refractivity contribution in [3.8, 4) is 0 Å². The van der Waals surface area contributed by atoms with Crippen molar-refractivity contribution in [1.82, 2.24) is 10.6 Å². The van der Waals surface area contributed by atoms with E-state index in [2.05, 4.69) is 10.6 Å². The SMILES string of the molecule is CNCCCCNCCC1CCCO1. The second-order valence-electron chi connectivity index (χ2n) is 3.98. The van der Waals surface area contributed by atoms with Crippen molar-refractivity contribution in [3.05, 3.63) is 0 Å². The second-order valence-corrected chi connectivity index (χ2v) is 3.98. The minimum absolute atomic E-state index is 0.541. The molecule has 0 spiro atoms. The summed E-state index contributed by atoms with van der Waals surface area (Å²) in [7, 11) is 2.00. The Morgan fingerprint density at radius 2 is 2.07 bits per heavy atom. The van der Waals surface area contributed by atoms with Crippen molar-refractivity contribution in [1.29, 1.82) is 0 Å². The summed E-state index contributed by atoms with van der Waals surface area (Å²) in [5, 5.41) is 6.62. The molecule has 1 aliphatic heterocycles. The first-order valence-electron chi connectivity index (χ1n) is 5.90. The Labute approximate surface area is 87.6 Å². The Morgan fingerprint density at radius 3 is 2.79 bits per heavy atom. The number of hydrogen-bond donors (Lipinski definition) is 2. The molecule has 1 fully saturated rings. The van der Waals surface area contributed by atoms with Crippen molar-refractivity contribution < 1.29 is 4.74 Å². The predicted molar refractivity (Wildman–Crippen MR) is 59.6 cm³/mol. The van der Waals surface area contributed by atoms with Crippen LogP contribution in [0.1, 0.15) is 32.1 Å². The fourth-order valence-electron chi connectivity index (χ4n) is 1.81. The molecule has 14 heavy (non-hydrogen) atoms. The molecule has 0 aliphatic carbocycles. The lowest BCUT2D eigenvalue weighted by atomic mass is 10.2. The van der Waals surface area contributed by atoms with Crippen LogP contribution in [0, 0.1) is 0 Å². The first-order chi connectivity index (χ1) is 6.93. The van der Waals surface area contributed by atoms with E-state index < -0.39 is 0 Å². The molecule has 2 N–H and O–H groups in total. The largest absolute Gasteiger partial charge is 0.378 e. The first-order valence-corrected chi connectivity index (χ1v) is 5.90. The second kappa shape index (κ2) is 8.21. The van der Waals surface area contributed by atoms with Gasteiger partial charge in [0.25, 0.3) is 0 Å². The molecule has 0 aromatic heterocycles. The van der Waals surface area contributed by atoms with Gasteiger partial charge in [-0.1, -0.05) is 0 Å². The van der Waals surface area contributed by atoms with Crippen LogP contribution in [0.15, 0.2) is 0 Å². The van der Waals surface area contributed by atoms with E-state index in [1.165, 1.54) is 32.1 Å². The standard InChI is InChI=1S/C11H24N2O/c1-12-7-2-3-8-13-9-6-11-5-4-10-14-11/h11-13H,2-10H2,1H3. The number of nitrogens with one attached hydrogen (secondary N) is 2. The van der Waals surface area contributed by atoms with E-state index in [1.54, 1.807) is 0 Å². The summed E-state index contributed by atoms with van der Waals surface area (Å²) in [5.74, 6) is 0. The van der Waals surface area contributed by atoms with Gasteiger partial charge < -0.3 is 15.4 Å². The first kappa shape index (κ1) is 12.0. The van der Waals surface area contributed by atoms with Crippen molar-refractivity contribution in [2.45, 2.75) is 38.2 Å². The molecule has 0 radical (unpaired) electrons. The number of ether oxygens (including phenoxy) is 1. The van der Waals surface area contributed by atoms with Crippen molar-refractivity contribution >= 4 is 0 Å². The highest BCUT2D eigenvalue weighted by molar-refractivity contribution is 4.65. The summed E-state index contributed by atoms with van der Waals surface area (Å²) >= 11 is 0. The van der Waals surface area contributed by atoms with E-state index >= 15 is 0 Å². The molecule has 1 saturated heterocycles. The third-order valence-electron chi connectivity index (χ3n) is 2.70. The molecule has 3 nitrogen and oxygen atoms in total. The van der Waals surface area contributed by atoms with E-state index in [-0.39, 0.29) is 0 Å². The van der Waals surface area contributed by atoms with Crippen molar-refractivity contribution in [3.63, 3.8) is 0 Å². The van der Waals surface area contributed by atoms with Gasteiger partial charge in [-0.05, 0) is 58.8 Å². The van der Waals surface area contributed by atoms with Crippen molar-refractivity contribution in [2.24, 2.45) is 0 Å². The quantitative estimate of drug-likeness (QED) is 0.577. The molecule has 0 aromatic rings. The summed E-state index contributed by atoms with van der Waals surface area (Å²) in [6, 6.07) is 0. The fraction of sp³-hybridized carbons (Fsp3) is 1.00. The average molecular weight is 200 g/mol. The Hall–Kier alpha value is -0.120. The van der Waals surface area contributed by atoms with Gasteiger partial charge in [0.05, 0.1) is 6.10 Å². The maximum absolute atomic E-state index is 5.55. The van der Waals surface area contributed by atoms with Crippen LogP contribution >= 0.6 is 0 Å². The zero-order chi connectivity index (χ0) is 10.1. The molecule has 0 bridgehead atoms. The van der Waals surface area contributed by atoms with Gasteiger partial charge in [-0.25, -0.2) is 0 Å². The molecule has 84 valence electrons. The molecule has 0 saturated carbocycles. The lowest BCUT2D eigenvalue weighted by molar-refractivity contribution is 0.104. The van der Waals surface area contributed by atoms with Crippen LogP contribution in [-0.2, 0) is 4.74 Å². The Morgan fingerprint density at radius 1 is 1.21 bits per heavy atom. The zero-order valence-corrected chi connectivity index (χ0v) is 9.35. The van der Waals surface area contributed by atoms with Crippen LogP contribution in [0.4, 0.5) is 0 Å². The van der Waals surface area contributed by atoms with E-state index in [9.17, 15) is 0 Å². The Kier molecular flexibility index (Phi) is 7.01. The van der Waals surface area contributed by atoms with E-state index in [0.717, 1.165) is 26.2 Å². The molecular weight excluding hydrogens is 176 g/mol. The van der Waals surface area contributed by atoms with Crippen LogP contribution in [0.3, 0.4) is 0 Å². The van der Waals surface area contributed by atoms with E-state index in [0.29, 0.717) is 6.10 Å². The normalized spacial score (nSPS) is 21.6. The third-order valence-corrected chi connectivity index (χ3v) is 2.70. The number of rotatable bonds is 8. The maximum atomic E-state index is 5.55. The molecule has 1 heterocycles. The van der Waals surface area contributed by atoms with Crippen LogP contribution in [-0.4, -0.2) is 39.4 Å². The number of hydrogen-bond acceptors (Lipinski definition) is 3. The minimum atomic E-state index is 0.541. The fourth-order valence-corrected chi connectivity index (χ4v) is 1.81. The lowest BCUT2D eigenvalue weighted by Crippen LogP contribution is -2.22. The molecule has 1 aliphatic rings. The maximum Gasteiger partial charge on any atom is 0.0588 e. The molecule has 1 atom stereocenters. The van der Waals surface area contributed by atoms with Crippen LogP contribution in [0.2, 0.25) is 0 Å². The van der Waals surface area contributed by atoms with Crippen LogP contribution in [0.25, 0.3) is 0 Å². The van der Waals surface area contributed by atoms with Crippen LogP contribution < -0.4 is 10.6 Å². The van der Waals surface area contributed by atoms with Gasteiger partial charge in [0.1, 0.15) is 0 Å². The minimum Gasteiger partial charge on any atom is -0.378 e. The highest BCUT2D eigenvalue weighted by atomic mass is 16.5. The smallest absolute Gasteiger partial charge is 0.0588 e. The highest BCUT2D eigenvalue weighted by Crippen LogP contribution is 2.14. The highest BCUT2D eigenvalue weighted by Gasteiger charge is 2.13. The summed E-state index contributed by atoms with van der Waals surface area (Å²) in [6.45, 7) is 4.37. The summed E-state index contributed by atoms with van der Waals surface area (Å²) in [6.07, 6.45) is 6.79. The Balaban J connectivity index is 1.75.